The van der Waals surface area contributed by atoms with Crippen LogP contribution in [0.5, 0.6) is 5.75 Å². The highest BCUT2D eigenvalue weighted by Crippen LogP contribution is 2.31. The molecule has 1 saturated heterocycles. The van der Waals surface area contributed by atoms with Gasteiger partial charge in [-0.15, -0.1) is 0 Å². The van der Waals surface area contributed by atoms with E-state index in [9.17, 15) is 4.79 Å². The molecule has 3 N–H and O–H groups in total. The maximum absolute atomic E-state index is 12.8. The molecule has 0 saturated carbocycles. The molecule has 0 aliphatic carbocycles. The maximum atomic E-state index is 12.8. The molecule has 2 aromatic rings. The summed E-state index contributed by atoms with van der Waals surface area (Å²) in [5.74, 6) is 0.797. The summed E-state index contributed by atoms with van der Waals surface area (Å²) < 4.78 is 16.7. The van der Waals surface area contributed by atoms with Crippen molar-refractivity contribution >= 4 is 11.6 Å². The third kappa shape index (κ3) is 5.55. The quantitative estimate of drug-likeness (QED) is 0.650. The van der Waals surface area contributed by atoms with Gasteiger partial charge in [0.25, 0.3) is 0 Å². The number of nitrogens with one attached hydrogen (secondary N) is 1. The van der Waals surface area contributed by atoms with Crippen molar-refractivity contribution in [3.05, 3.63) is 60.2 Å². The molecule has 28 heavy (non-hydrogen) atoms. The van der Waals surface area contributed by atoms with Gasteiger partial charge >= 0.3 is 0 Å². The van der Waals surface area contributed by atoms with Crippen molar-refractivity contribution in [2.45, 2.75) is 19.4 Å². The van der Waals surface area contributed by atoms with E-state index < -0.39 is 5.41 Å². The van der Waals surface area contributed by atoms with E-state index >= 15 is 0 Å². The van der Waals surface area contributed by atoms with Crippen molar-refractivity contribution in [3.8, 4) is 5.75 Å². The second kappa shape index (κ2) is 10.2. The fourth-order valence-corrected chi connectivity index (χ4v) is 3.21. The molecule has 6 heteroatoms. The highest BCUT2D eigenvalue weighted by Gasteiger charge is 2.38. The number of hydrogen-bond acceptors (Lipinski definition) is 5. The predicted octanol–water partition coefficient (Wildman–Crippen LogP) is 2.98. The summed E-state index contributed by atoms with van der Waals surface area (Å²) >= 11 is 0. The second-order valence-corrected chi connectivity index (χ2v) is 6.97. The molecular weight excluding hydrogens is 356 g/mol. The number of hydrogen-bond donors (Lipinski definition) is 2. The minimum Gasteiger partial charge on any atom is -0.491 e. The number of carbonyl (C=O) groups is 1. The van der Waals surface area contributed by atoms with Crippen LogP contribution in [0.1, 0.15) is 18.4 Å². The number of para-hydroxylation sites is 1. The Morgan fingerprint density at radius 3 is 2.61 bits per heavy atom. The molecule has 1 aliphatic heterocycles. The normalized spacial score (nSPS) is 15.8. The SMILES string of the molecule is NCC1(C(=O)Nc2cccc(COCCOc3ccccc3)c2)CCOCC1. The number of anilines is 1. The van der Waals surface area contributed by atoms with E-state index in [4.69, 9.17) is 19.9 Å². The molecule has 0 radical (unpaired) electrons. The Hall–Kier alpha value is -2.41. The Bertz CT molecular complexity index is 745. The Balaban J connectivity index is 1.46. The molecule has 0 spiro atoms. The highest BCUT2D eigenvalue weighted by atomic mass is 16.5. The van der Waals surface area contributed by atoms with Crippen molar-refractivity contribution < 1.29 is 19.0 Å². The fraction of sp³-hybridized carbons (Fsp3) is 0.409. The van der Waals surface area contributed by atoms with Gasteiger partial charge in [-0.2, -0.15) is 0 Å². The van der Waals surface area contributed by atoms with Gasteiger partial charge in [-0.25, -0.2) is 0 Å². The van der Waals surface area contributed by atoms with Gasteiger partial charge in [0.2, 0.25) is 5.91 Å². The van der Waals surface area contributed by atoms with Gasteiger partial charge in [-0.05, 0) is 42.7 Å². The van der Waals surface area contributed by atoms with E-state index in [0.717, 1.165) is 17.0 Å². The number of rotatable bonds is 9. The van der Waals surface area contributed by atoms with E-state index in [-0.39, 0.29) is 5.91 Å². The summed E-state index contributed by atoms with van der Waals surface area (Å²) in [5, 5.41) is 3.01. The molecule has 2 aromatic carbocycles. The fourth-order valence-electron chi connectivity index (χ4n) is 3.21. The van der Waals surface area contributed by atoms with E-state index in [1.54, 1.807) is 0 Å². The van der Waals surface area contributed by atoms with Crippen LogP contribution >= 0.6 is 0 Å². The van der Waals surface area contributed by atoms with Crippen LogP contribution in [0.15, 0.2) is 54.6 Å². The van der Waals surface area contributed by atoms with Crippen LogP contribution < -0.4 is 15.8 Å². The number of carbonyl (C=O) groups excluding carboxylic acids is 1. The van der Waals surface area contributed by atoms with Gasteiger partial charge in [0.1, 0.15) is 12.4 Å². The molecule has 0 atom stereocenters. The first-order valence-electron chi connectivity index (χ1n) is 9.66. The van der Waals surface area contributed by atoms with Gasteiger partial charge in [0.05, 0.1) is 18.6 Å². The number of nitrogens with two attached hydrogens (primary N) is 1. The molecule has 0 aromatic heterocycles. The van der Waals surface area contributed by atoms with Gasteiger partial charge in [-0.3, -0.25) is 4.79 Å². The zero-order chi connectivity index (χ0) is 19.7. The first-order chi connectivity index (χ1) is 13.7. The molecule has 1 aliphatic rings. The minimum atomic E-state index is -0.542. The lowest BCUT2D eigenvalue weighted by atomic mass is 9.79. The third-order valence-corrected chi connectivity index (χ3v) is 5.02. The van der Waals surface area contributed by atoms with Crippen LogP contribution in [-0.2, 0) is 20.9 Å². The van der Waals surface area contributed by atoms with Crippen molar-refractivity contribution in [1.82, 2.24) is 0 Å². The Morgan fingerprint density at radius 1 is 1.07 bits per heavy atom. The average Bonchev–Trinajstić information content (AvgIpc) is 2.75. The predicted molar refractivity (Wildman–Crippen MR) is 108 cm³/mol. The zero-order valence-corrected chi connectivity index (χ0v) is 16.1. The first-order valence-corrected chi connectivity index (χ1v) is 9.66. The largest absolute Gasteiger partial charge is 0.491 e. The molecule has 0 unspecified atom stereocenters. The van der Waals surface area contributed by atoms with Crippen molar-refractivity contribution in [1.29, 1.82) is 0 Å². The lowest BCUT2D eigenvalue weighted by molar-refractivity contribution is -0.130. The van der Waals surface area contributed by atoms with E-state index in [2.05, 4.69) is 5.32 Å². The Kier molecular flexibility index (Phi) is 7.42. The molecule has 1 fully saturated rings. The van der Waals surface area contributed by atoms with Crippen molar-refractivity contribution in [2.24, 2.45) is 11.1 Å². The smallest absolute Gasteiger partial charge is 0.232 e. The van der Waals surface area contributed by atoms with E-state index in [0.29, 0.717) is 52.4 Å². The number of benzene rings is 2. The highest BCUT2D eigenvalue weighted by molar-refractivity contribution is 5.95. The lowest BCUT2D eigenvalue weighted by Gasteiger charge is -2.34. The molecule has 0 bridgehead atoms. The van der Waals surface area contributed by atoms with Gasteiger partial charge in [0, 0.05) is 25.4 Å². The maximum Gasteiger partial charge on any atom is 0.232 e. The van der Waals surface area contributed by atoms with Crippen LogP contribution in [0.25, 0.3) is 0 Å². The summed E-state index contributed by atoms with van der Waals surface area (Å²) in [6, 6.07) is 17.3. The molecule has 6 nitrogen and oxygen atoms in total. The van der Waals surface area contributed by atoms with Crippen molar-refractivity contribution in [2.75, 3.05) is 38.3 Å². The number of amides is 1. The lowest BCUT2D eigenvalue weighted by Crippen LogP contribution is -2.46. The summed E-state index contributed by atoms with van der Waals surface area (Å²) in [6.45, 7) is 2.90. The van der Waals surface area contributed by atoms with Crippen LogP contribution in [0, 0.1) is 5.41 Å². The van der Waals surface area contributed by atoms with E-state index in [1.165, 1.54) is 0 Å². The second-order valence-electron chi connectivity index (χ2n) is 6.97. The molecule has 150 valence electrons. The number of ether oxygens (including phenoxy) is 3. The summed E-state index contributed by atoms with van der Waals surface area (Å²) in [6.07, 6.45) is 1.30. The van der Waals surface area contributed by atoms with Crippen LogP contribution in [0.2, 0.25) is 0 Å². The molecular formula is C22H28N2O4. The van der Waals surface area contributed by atoms with Gasteiger partial charge in [-0.1, -0.05) is 30.3 Å². The standard InChI is InChI=1S/C22H28N2O4/c23-17-22(9-11-26-12-10-22)21(25)24-19-6-4-5-18(15-19)16-27-13-14-28-20-7-2-1-3-8-20/h1-8,15H,9-14,16-17,23H2,(H,24,25). The van der Waals surface area contributed by atoms with Crippen LogP contribution in [-0.4, -0.2) is 38.9 Å². The Labute approximate surface area is 166 Å². The Morgan fingerprint density at radius 2 is 1.86 bits per heavy atom. The zero-order valence-electron chi connectivity index (χ0n) is 16.1. The van der Waals surface area contributed by atoms with Crippen LogP contribution in [0.3, 0.4) is 0 Å². The molecule has 3 rings (SSSR count). The topological polar surface area (TPSA) is 82.8 Å². The molecule has 1 heterocycles. The van der Waals surface area contributed by atoms with Gasteiger partial charge in [0.15, 0.2) is 0 Å². The third-order valence-electron chi connectivity index (χ3n) is 5.02. The average molecular weight is 384 g/mol. The summed E-state index contributed by atoms with van der Waals surface area (Å²) in [5.41, 5.74) is 7.12. The first kappa shape index (κ1) is 20.3. The monoisotopic (exact) mass is 384 g/mol. The summed E-state index contributed by atoms with van der Waals surface area (Å²) in [4.78, 5) is 12.8. The molecule has 1 amide bonds. The van der Waals surface area contributed by atoms with E-state index in [1.807, 2.05) is 54.6 Å². The van der Waals surface area contributed by atoms with Crippen LogP contribution in [0.4, 0.5) is 5.69 Å². The summed E-state index contributed by atoms with van der Waals surface area (Å²) in [7, 11) is 0. The minimum absolute atomic E-state index is 0.0346. The van der Waals surface area contributed by atoms with Gasteiger partial charge < -0.3 is 25.3 Å². The van der Waals surface area contributed by atoms with Crippen molar-refractivity contribution in [3.63, 3.8) is 0 Å².